The number of para-hydroxylation sites is 1. The Morgan fingerprint density at radius 3 is 2.49 bits per heavy atom. The van der Waals surface area contributed by atoms with E-state index in [0.717, 1.165) is 72.1 Å². The molecule has 1 saturated heterocycles. The van der Waals surface area contributed by atoms with Gasteiger partial charge in [0.05, 0.1) is 22.5 Å². The number of carbonyl (C=O) groups excluding carboxylic acids is 1. The van der Waals surface area contributed by atoms with Crippen molar-refractivity contribution >= 4 is 32.8 Å². The molecule has 0 atom stereocenters. The number of amides is 1. The molecule has 1 aliphatic carbocycles. The van der Waals surface area contributed by atoms with Crippen molar-refractivity contribution in [3.63, 3.8) is 0 Å². The Morgan fingerprint density at radius 2 is 1.87 bits per heavy atom. The monoisotopic (exact) mass is 554 g/mol. The SMILES string of the molecule is CCCN(C)S(=O)(=O)NC(=O)c1cc(N2CCC(COC)CC2)c2c(C3CCC3)nn(-c3ccccc3)c2n1. The summed E-state index contributed by atoms with van der Waals surface area (Å²) in [7, 11) is -0.802. The summed E-state index contributed by atoms with van der Waals surface area (Å²) in [6.45, 7) is 4.55. The van der Waals surface area contributed by atoms with Crippen molar-refractivity contribution in [1.29, 1.82) is 0 Å². The molecule has 11 heteroatoms. The van der Waals surface area contributed by atoms with E-state index in [1.54, 1.807) is 17.9 Å². The van der Waals surface area contributed by atoms with Crippen LogP contribution in [0.15, 0.2) is 36.4 Å². The number of anilines is 1. The van der Waals surface area contributed by atoms with Crippen LogP contribution in [0.5, 0.6) is 0 Å². The molecule has 10 nitrogen and oxygen atoms in total. The lowest BCUT2D eigenvalue weighted by Gasteiger charge is -2.34. The van der Waals surface area contributed by atoms with Gasteiger partial charge in [-0.3, -0.25) is 4.79 Å². The molecule has 0 spiro atoms. The highest BCUT2D eigenvalue weighted by Crippen LogP contribution is 2.43. The predicted octanol–water partition coefficient (Wildman–Crippen LogP) is 3.87. The van der Waals surface area contributed by atoms with Crippen LogP contribution in [-0.2, 0) is 14.9 Å². The largest absolute Gasteiger partial charge is 0.384 e. The Kier molecular flexibility index (Phi) is 8.20. The molecule has 1 N–H and O–H groups in total. The number of rotatable bonds is 10. The quantitative estimate of drug-likeness (QED) is 0.405. The Hall–Kier alpha value is -3.02. The summed E-state index contributed by atoms with van der Waals surface area (Å²) < 4.78 is 36.2. The van der Waals surface area contributed by atoms with E-state index in [-0.39, 0.29) is 5.69 Å². The van der Waals surface area contributed by atoms with E-state index in [4.69, 9.17) is 14.8 Å². The van der Waals surface area contributed by atoms with Crippen LogP contribution in [0.4, 0.5) is 5.69 Å². The van der Waals surface area contributed by atoms with Crippen LogP contribution in [0.3, 0.4) is 0 Å². The van der Waals surface area contributed by atoms with Crippen molar-refractivity contribution in [2.24, 2.45) is 5.92 Å². The van der Waals surface area contributed by atoms with Gasteiger partial charge >= 0.3 is 10.2 Å². The van der Waals surface area contributed by atoms with Crippen molar-refractivity contribution in [3.05, 3.63) is 47.8 Å². The van der Waals surface area contributed by atoms with E-state index in [0.29, 0.717) is 30.4 Å². The van der Waals surface area contributed by atoms with E-state index < -0.39 is 16.1 Å². The smallest absolute Gasteiger partial charge is 0.303 e. The van der Waals surface area contributed by atoms with Gasteiger partial charge in [0, 0.05) is 46.3 Å². The number of hydrogen-bond acceptors (Lipinski definition) is 7. The molecule has 0 radical (unpaired) electrons. The van der Waals surface area contributed by atoms with E-state index in [9.17, 15) is 13.2 Å². The molecule has 3 aromatic rings. The zero-order valence-electron chi connectivity index (χ0n) is 23.0. The zero-order chi connectivity index (χ0) is 27.6. The van der Waals surface area contributed by atoms with Crippen LogP contribution in [0.25, 0.3) is 16.7 Å². The third kappa shape index (κ3) is 5.66. The molecule has 1 aliphatic heterocycles. The van der Waals surface area contributed by atoms with Crippen molar-refractivity contribution in [2.75, 3.05) is 45.3 Å². The molecule has 0 unspecified atom stereocenters. The van der Waals surface area contributed by atoms with Gasteiger partial charge in [-0.05, 0) is 56.2 Å². The second-order valence-corrected chi connectivity index (χ2v) is 12.4. The van der Waals surface area contributed by atoms with Gasteiger partial charge in [0.2, 0.25) is 0 Å². The molecule has 1 aromatic carbocycles. The molecule has 39 heavy (non-hydrogen) atoms. The van der Waals surface area contributed by atoms with Gasteiger partial charge < -0.3 is 9.64 Å². The highest BCUT2D eigenvalue weighted by atomic mass is 32.2. The second kappa shape index (κ2) is 11.6. The fourth-order valence-corrected chi connectivity index (χ4v) is 6.38. The number of nitrogens with zero attached hydrogens (tertiary/aromatic N) is 5. The van der Waals surface area contributed by atoms with E-state index >= 15 is 0 Å². The fourth-order valence-electron chi connectivity index (χ4n) is 5.46. The third-order valence-corrected chi connectivity index (χ3v) is 9.34. The maximum absolute atomic E-state index is 13.4. The minimum atomic E-state index is -4.00. The molecule has 0 bridgehead atoms. The highest BCUT2D eigenvalue weighted by Gasteiger charge is 2.32. The summed E-state index contributed by atoms with van der Waals surface area (Å²) in [5, 5.41) is 6.01. The number of benzene rings is 1. The standard InChI is InChI=1S/C28H38N6O4S/c1-4-15-32(2)39(36,37)31-28(35)23-18-24(33-16-13-20(14-17-33)19-38-3)25-26(21-9-8-10-21)30-34(27(25)29-23)22-11-6-5-7-12-22/h5-7,11-12,18,20-21H,4,8-10,13-17,19H2,1-3H3,(H,31,35). The summed E-state index contributed by atoms with van der Waals surface area (Å²) in [5.74, 6) is 0.0805. The first-order valence-corrected chi connectivity index (χ1v) is 15.3. The molecule has 1 saturated carbocycles. The Bertz CT molecular complexity index is 1410. The number of fused-ring (bicyclic) bond motifs is 1. The van der Waals surface area contributed by atoms with Crippen LogP contribution >= 0.6 is 0 Å². The maximum Gasteiger partial charge on any atom is 0.303 e. The average molecular weight is 555 g/mol. The number of carbonyl (C=O) groups is 1. The Labute approximate surface area is 230 Å². The first-order valence-electron chi connectivity index (χ1n) is 13.8. The normalized spacial score (nSPS) is 17.1. The van der Waals surface area contributed by atoms with Crippen LogP contribution in [0.1, 0.15) is 67.5 Å². The number of nitrogens with one attached hydrogen (secondary N) is 1. The Balaban J connectivity index is 1.63. The summed E-state index contributed by atoms with van der Waals surface area (Å²) in [6.07, 6.45) is 5.89. The second-order valence-electron chi connectivity index (χ2n) is 10.6. The number of hydrogen-bond donors (Lipinski definition) is 1. The van der Waals surface area contributed by atoms with E-state index in [1.807, 2.05) is 37.3 Å². The summed E-state index contributed by atoms with van der Waals surface area (Å²) in [5.41, 5.74) is 3.37. The first kappa shape index (κ1) is 27.5. The van der Waals surface area contributed by atoms with Gasteiger partial charge in [0.15, 0.2) is 5.65 Å². The number of pyridine rings is 1. The zero-order valence-corrected chi connectivity index (χ0v) is 23.8. The van der Waals surface area contributed by atoms with Gasteiger partial charge in [-0.1, -0.05) is 31.5 Å². The summed E-state index contributed by atoms with van der Waals surface area (Å²) in [4.78, 5) is 20.5. The number of piperidine rings is 1. The van der Waals surface area contributed by atoms with Crippen LogP contribution < -0.4 is 9.62 Å². The molecule has 1 amide bonds. The third-order valence-electron chi connectivity index (χ3n) is 7.90. The average Bonchev–Trinajstić information content (AvgIpc) is 3.27. The predicted molar refractivity (Wildman–Crippen MR) is 152 cm³/mol. The van der Waals surface area contributed by atoms with Crippen molar-refractivity contribution in [3.8, 4) is 5.69 Å². The van der Waals surface area contributed by atoms with Gasteiger partial charge in [0.1, 0.15) is 5.69 Å². The van der Waals surface area contributed by atoms with E-state index in [1.165, 1.54) is 13.5 Å². The van der Waals surface area contributed by atoms with Gasteiger partial charge in [0.25, 0.3) is 5.91 Å². The van der Waals surface area contributed by atoms with Gasteiger partial charge in [-0.15, -0.1) is 0 Å². The molecule has 3 heterocycles. The van der Waals surface area contributed by atoms with Gasteiger partial charge in [-0.2, -0.15) is 17.8 Å². The molecule has 2 fully saturated rings. The van der Waals surface area contributed by atoms with Crippen LogP contribution in [0, 0.1) is 5.92 Å². The molecule has 2 aromatic heterocycles. The lowest BCUT2D eigenvalue weighted by molar-refractivity contribution is 0.0975. The van der Waals surface area contributed by atoms with Crippen molar-refractivity contribution in [1.82, 2.24) is 23.8 Å². The number of ether oxygens (including phenoxy) is 1. The maximum atomic E-state index is 13.4. The minimum Gasteiger partial charge on any atom is -0.384 e. The fraction of sp³-hybridized carbons (Fsp3) is 0.536. The lowest BCUT2D eigenvalue weighted by atomic mass is 9.82. The lowest BCUT2D eigenvalue weighted by Crippen LogP contribution is -2.42. The topological polar surface area (TPSA) is 110 Å². The number of aromatic nitrogens is 3. The van der Waals surface area contributed by atoms with Crippen LogP contribution in [-0.4, -0.2) is 73.8 Å². The summed E-state index contributed by atoms with van der Waals surface area (Å²) in [6, 6.07) is 11.5. The first-order chi connectivity index (χ1) is 18.8. The van der Waals surface area contributed by atoms with Crippen molar-refractivity contribution < 1.29 is 17.9 Å². The molecule has 5 rings (SSSR count). The highest BCUT2D eigenvalue weighted by molar-refractivity contribution is 7.87. The number of methoxy groups -OCH3 is 1. The Morgan fingerprint density at radius 1 is 1.15 bits per heavy atom. The molecule has 210 valence electrons. The summed E-state index contributed by atoms with van der Waals surface area (Å²) >= 11 is 0. The molecular weight excluding hydrogens is 516 g/mol. The van der Waals surface area contributed by atoms with Crippen molar-refractivity contribution in [2.45, 2.75) is 51.4 Å². The van der Waals surface area contributed by atoms with Gasteiger partial charge in [-0.25, -0.2) is 14.4 Å². The molecular formula is C28H38N6O4S. The van der Waals surface area contributed by atoms with E-state index in [2.05, 4.69) is 9.62 Å². The minimum absolute atomic E-state index is 0.0576. The van der Waals surface area contributed by atoms with Crippen LogP contribution in [0.2, 0.25) is 0 Å². The molecule has 2 aliphatic rings.